The highest BCUT2D eigenvalue weighted by Gasteiger charge is 2.14. The lowest BCUT2D eigenvalue weighted by atomic mass is 10.1. The smallest absolute Gasteiger partial charge is 0.244 e. The Labute approximate surface area is 181 Å². The highest BCUT2D eigenvalue weighted by atomic mass is 79.9. The molecule has 0 heterocycles. The van der Waals surface area contributed by atoms with E-state index in [9.17, 15) is 4.79 Å². The van der Waals surface area contributed by atoms with Crippen molar-refractivity contribution in [3.05, 3.63) is 64.1 Å². The third kappa shape index (κ3) is 6.64. The molecule has 1 N–H and O–H groups in total. The minimum atomic E-state index is -0.0450. The van der Waals surface area contributed by atoms with E-state index in [0.29, 0.717) is 24.1 Å². The van der Waals surface area contributed by atoms with Crippen molar-refractivity contribution in [3.8, 4) is 11.5 Å². The van der Waals surface area contributed by atoms with E-state index in [0.717, 1.165) is 28.4 Å². The molecule has 1 aliphatic rings. The molecule has 3 rings (SSSR count). The fourth-order valence-corrected chi connectivity index (χ4v) is 4.12. The van der Waals surface area contributed by atoms with Crippen LogP contribution in [0.3, 0.4) is 0 Å². The number of benzene rings is 2. The third-order valence-corrected chi connectivity index (χ3v) is 5.70. The van der Waals surface area contributed by atoms with Gasteiger partial charge in [-0.15, -0.1) is 0 Å². The lowest BCUT2D eigenvalue weighted by Gasteiger charge is -2.15. The highest BCUT2D eigenvalue weighted by molar-refractivity contribution is 9.10. The molecule has 0 saturated heterocycles. The molecule has 0 spiro atoms. The van der Waals surface area contributed by atoms with Crippen molar-refractivity contribution in [1.82, 2.24) is 5.32 Å². The maximum absolute atomic E-state index is 12.3. The first-order chi connectivity index (χ1) is 14.2. The Morgan fingerprint density at radius 1 is 1.14 bits per heavy atom. The zero-order valence-corrected chi connectivity index (χ0v) is 18.4. The summed E-state index contributed by atoms with van der Waals surface area (Å²) in [4.78, 5) is 12.3. The van der Waals surface area contributed by atoms with E-state index in [-0.39, 0.29) is 5.91 Å². The summed E-state index contributed by atoms with van der Waals surface area (Å²) in [5.41, 5.74) is 1.96. The van der Waals surface area contributed by atoms with Crippen LogP contribution in [0.4, 0.5) is 0 Å². The maximum atomic E-state index is 12.3. The fourth-order valence-electron chi connectivity index (χ4n) is 3.55. The molecule has 0 aliphatic heterocycles. The van der Waals surface area contributed by atoms with Crippen LogP contribution in [-0.2, 0) is 11.4 Å². The first-order valence-electron chi connectivity index (χ1n) is 10.2. The molecule has 5 heteroatoms. The molecule has 1 aliphatic carbocycles. The minimum Gasteiger partial charge on any atom is -0.493 e. The average molecular weight is 458 g/mol. The molecule has 1 fully saturated rings. The summed E-state index contributed by atoms with van der Waals surface area (Å²) in [5, 5.41) is 3.13. The van der Waals surface area contributed by atoms with Gasteiger partial charge in [0.15, 0.2) is 11.5 Å². The molecular formula is C24H28BrNO3. The lowest BCUT2D eigenvalue weighted by Crippen LogP contribution is -2.33. The molecule has 29 heavy (non-hydrogen) atoms. The fraction of sp³-hybridized carbons (Fsp3) is 0.375. The number of ether oxygens (including phenoxy) is 2. The predicted molar refractivity (Wildman–Crippen MR) is 120 cm³/mol. The largest absolute Gasteiger partial charge is 0.493 e. The van der Waals surface area contributed by atoms with Gasteiger partial charge in [0.2, 0.25) is 5.91 Å². The first kappa shape index (κ1) is 21.4. The summed E-state index contributed by atoms with van der Waals surface area (Å²) in [6, 6.07) is 14.1. The van der Waals surface area contributed by atoms with Crippen molar-refractivity contribution >= 4 is 27.9 Å². The zero-order valence-electron chi connectivity index (χ0n) is 16.8. The van der Waals surface area contributed by atoms with Gasteiger partial charge >= 0.3 is 0 Å². The van der Waals surface area contributed by atoms with Crippen LogP contribution in [-0.4, -0.2) is 19.1 Å². The Kier molecular flexibility index (Phi) is 8.17. The van der Waals surface area contributed by atoms with Crippen molar-refractivity contribution in [2.24, 2.45) is 0 Å². The molecule has 0 unspecified atom stereocenters. The van der Waals surface area contributed by atoms with Crippen LogP contribution in [0.1, 0.15) is 49.7 Å². The molecule has 0 radical (unpaired) electrons. The zero-order chi connectivity index (χ0) is 20.5. The van der Waals surface area contributed by atoms with Gasteiger partial charge in [-0.2, -0.15) is 0 Å². The molecule has 1 amide bonds. The standard InChI is InChI=1S/C24H28BrNO3/c1-28-22-16-19(13-14-23(27)26-20-11-7-2-3-8-12-20)15-21(25)24(22)29-17-18-9-5-4-6-10-18/h4-6,9-10,13-16,20H,2-3,7-8,11-12,17H2,1H3,(H,26,27). The second-order valence-electron chi connectivity index (χ2n) is 7.34. The van der Waals surface area contributed by atoms with Crippen LogP contribution < -0.4 is 14.8 Å². The highest BCUT2D eigenvalue weighted by Crippen LogP contribution is 2.37. The molecular weight excluding hydrogens is 430 g/mol. The number of hydrogen-bond acceptors (Lipinski definition) is 3. The van der Waals surface area contributed by atoms with E-state index in [1.165, 1.54) is 25.7 Å². The number of carbonyl (C=O) groups excluding carboxylic acids is 1. The Hall–Kier alpha value is -2.27. The SMILES string of the molecule is COc1cc(C=CC(=O)NC2CCCCCC2)cc(Br)c1OCc1ccccc1. The van der Waals surface area contributed by atoms with Gasteiger partial charge in [0.05, 0.1) is 11.6 Å². The van der Waals surface area contributed by atoms with Crippen molar-refractivity contribution < 1.29 is 14.3 Å². The van der Waals surface area contributed by atoms with E-state index in [2.05, 4.69) is 21.2 Å². The van der Waals surface area contributed by atoms with Crippen molar-refractivity contribution in [3.63, 3.8) is 0 Å². The average Bonchev–Trinajstić information content (AvgIpc) is 3.00. The van der Waals surface area contributed by atoms with Crippen LogP contribution in [0.2, 0.25) is 0 Å². The maximum Gasteiger partial charge on any atom is 0.244 e. The van der Waals surface area contributed by atoms with Gasteiger partial charge in [0, 0.05) is 12.1 Å². The third-order valence-electron chi connectivity index (χ3n) is 5.11. The Morgan fingerprint density at radius 2 is 1.86 bits per heavy atom. The molecule has 2 aromatic carbocycles. The molecule has 2 aromatic rings. The molecule has 1 saturated carbocycles. The van der Waals surface area contributed by atoms with Gasteiger partial charge in [-0.3, -0.25) is 4.79 Å². The number of amides is 1. The number of hydrogen-bond donors (Lipinski definition) is 1. The molecule has 154 valence electrons. The number of halogens is 1. The summed E-state index contributed by atoms with van der Waals surface area (Å²) in [5.74, 6) is 1.23. The predicted octanol–water partition coefficient (Wildman–Crippen LogP) is 5.89. The number of methoxy groups -OCH3 is 1. The second kappa shape index (κ2) is 11.1. The number of rotatable bonds is 7. The Morgan fingerprint density at radius 3 is 2.55 bits per heavy atom. The summed E-state index contributed by atoms with van der Waals surface area (Å²) in [7, 11) is 1.61. The van der Waals surface area contributed by atoms with Crippen LogP contribution in [0.15, 0.2) is 53.0 Å². The minimum absolute atomic E-state index is 0.0450. The lowest BCUT2D eigenvalue weighted by molar-refractivity contribution is -0.117. The van der Waals surface area contributed by atoms with Crippen LogP contribution in [0.25, 0.3) is 6.08 Å². The van der Waals surface area contributed by atoms with Crippen LogP contribution in [0, 0.1) is 0 Å². The summed E-state index contributed by atoms with van der Waals surface area (Å²) in [6.45, 7) is 0.453. The van der Waals surface area contributed by atoms with Crippen LogP contribution >= 0.6 is 15.9 Å². The van der Waals surface area contributed by atoms with Crippen LogP contribution in [0.5, 0.6) is 11.5 Å². The van der Waals surface area contributed by atoms with E-state index in [1.807, 2.05) is 42.5 Å². The summed E-state index contributed by atoms with van der Waals surface area (Å²) in [6.07, 6.45) is 10.5. The summed E-state index contributed by atoms with van der Waals surface area (Å²) >= 11 is 3.57. The van der Waals surface area contributed by atoms with Gasteiger partial charge in [0.25, 0.3) is 0 Å². The summed E-state index contributed by atoms with van der Waals surface area (Å²) < 4.78 is 12.3. The molecule has 4 nitrogen and oxygen atoms in total. The van der Waals surface area contributed by atoms with E-state index in [4.69, 9.17) is 9.47 Å². The molecule has 0 bridgehead atoms. The van der Waals surface area contributed by atoms with Gasteiger partial charge in [-0.25, -0.2) is 0 Å². The van der Waals surface area contributed by atoms with Crippen molar-refractivity contribution in [2.45, 2.75) is 51.2 Å². The van der Waals surface area contributed by atoms with Gasteiger partial charge < -0.3 is 14.8 Å². The van der Waals surface area contributed by atoms with E-state index in [1.54, 1.807) is 19.3 Å². The van der Waals surface area contributed by atoms with Gasteiger partial charge in [0.1, 0.15) is 6.61 Å². The molecule has 0 atom stereocenters. The monoisotopic (exact) mass is 457 g/mol. The van der Waals surface area contributed by atoms with E-state index >= 15 is 0 Å². The number of nitrogens with one attached hydrogen (secondary N) is 1. The molecule has 0 aromatic heterocycles. The normalized spacial score (nSPS) is 15.1. The van der Waals surface area contributed by atoms with Gasteiger partial charge in [-0.05, 0) is 58.1 Å². The number of carbonyl (C=O) groups is 1. The van der Waals surface area contributed by atoms with Crippen molar-refractivity contribution in [1.29, 1.82) is 0 Å². The Bertz CT molecular complexity index is 828. The quantitative estimate of drug-likeness (QED) is 0.416. The second-order valence-corrected chi connectivity index (χ2v) is 8.19. The van der Waals surface area contributed by atoms with Crippen molar-refractivity contribution in [2.75, 3.05) is 7.11 Å². The first-order valence-corrected chi connectivity index (χ1v) is 11.0. The van der Waals surface area contributed by atoms with E-state index < -0.39 is 0 Å². The topological polar surface area (TPSA) is 47.6 Å². The van der Waals surface area contributed by atoms with Gasteiger partial charge in [-0.1, -0.05) is 56.0 Å². The Balaban J connectivity index is 1.64.